The first-order chi connectivity index (χ1) is 18.2. The molecule has 37 heavy (non-hydrogen) atoms. The number of hydrogen-bond donors (Lipinski definition) is 3. The third-order valence-electron chi connectivity index (χ3n) is 7.12. The highest BCUT2D eigenvalue weighted by Crippen LogP contribution is 2.22. The Hall–Kier alpha value is -3.84. The topological polar surface area (TPSA) is 82.3 Å². The van der Waals surface area contributed by atoms with Gasteiger partial charge < -0.3 is 25.3 Å². The number of aromatic amines is 1. The summed E-state index contributed by atoms with van der Waals surface area (Å²) in [7, 11) is 1.66. The number of aromatic nitrogens is 2. The zero-order valence-corrected chi connectivity index (χ0v) is 21.3. The molecule has 1 aromatic heterocycles. The van der Waals surface area contributed by atoms with E-state index in [2.05, 4.69) is 50.8 Å². The monoisotopic (exact) mass is 497 g/mol. The summed E-state index contributed by atoms with van der Waals surface area (Å²) in [4.78, 5) is 23.8. The lowest BCUT2D eigenvalue weighted by atomic mass is 10.0. The van der Waals surface area contributed by atoms with Gasteiger partial charge in [0.05, 0.1) is 24.2 Å². The third-order valence-corrected chi connectivity index (χ3v) is 7.12. The fraction of sp³-hybridized carbons (Fsp3) is 0.333. The van der Waals surface area contributed by atoms with E-state index in [1.807, 2.05) is 48.5 Å². The lowest BCUT2D eigenvalue weighted by molar-refractivity contribution is 0.192. The van der Waals surface area contributed by atoms with Gasteiger partial charge in [-0.15, -0.1) is 0 Å². The van der Waals surface area contributed by atoms with Crippen molar-refractivity contribution >= 4 is 17.1 Å². The maximum absolute atomic E-state index is 13.1. The number of fused-ring (bicyclic) bond motifs is 1. The van der Waals surface area contributed by atoms with Gasteiger partial charge in [0.25, 0.3) is 0 Å². The first-order valence-electron chi connectivity index (χ1n) is 13.1. The van der Waals surface area contributed by atoms with Crippen LogP contribution in [-0.4, -0.2) is 53.7 Å². The van der Waals surface area contributed by atoms with Crippen molar-refractivity contribution in [2.75, 3.05) is 26.7 Å². The van der Waals surface area contributed by atoms with Gasteiger partial charge in [0, 0.05) is 25.7 Å². The number of likely N-dealkylation sites (tertiary alicyclic amines) is 1. The normalized spacial score (nSPS) is 15.4. The number of para-hydroxylation sites is 2. The minimum atomic E-state index is -0.285. The number of rotatable bonds is 9. The van der Waals surface area contributed by atoms with E-state index in [0.29, 0.717) is 6.42 Å². The number of carbonyl (C=O) groups excluding carboxylic acids is 1. The van der Waals surface area contributed by atoms with Crippen molar-refractivity contribution in [3.05, 3.63) is 95.8 Å². The van der Waals surface area contributed by atoms with E-state index in [0.717, 1.165) is 67.1 Å². The molecule has 1 aliphatic heterocycles. The van der Waals surface area contributed by atoms with Gasteiger partial charge in [-0.25, -0.2) is 9.78 Å². The molecule has 3 aromatic carbocycles. The average Bonchev–Trinajstić information content (AvgIpc) is 3.38. The predicted molar refractivity (Wildman–Crippen MR) is 147 cm³/mol. The van der Waals surface area contributed by atoms with Crippen molar-refractivity contribution in [1.29, 1.82) is 0 Å². The molecule has 2 amide bonds. The number of urea groups is 1. The van der Waals surface area contributed by atoms with Crippen LogP contribution in [0.1, 0.15) is 35.8 Å². The highest BCUT2D eigenvalue weighted by atomic mass is 16.5. The van der Waals surface area contributed by atoms with E-state index < -0.39 is 0 Å². The summed E-state index contributed by atoms with van der Waals surface area (Å²) in [5, 5.41) is 6.40. The molecule has 0 spiro atoms. The van der Waals surface area contributed by atoms with E-state index in [4.69, 9.17) is 9.72 Å². The molecule has 0 aliphatic carbocycles. The van der Waals surface area contributed by atoms with Crippen LogP contribution in [0.15, 0.2) is 78.9 Å². The summed E-state index contributed by atoms with van der Waals surface area (Å²) in [5.41, 5.74) is 4.32. The fourth-order valence-corrected chi connectivity index (χ4v) is 4.97. The van der Waals surface area contributed by atoms with Crippen LogP contribution in [0, 0.1) is 0 Å². The minimum absolute atomic E-state index is 0.151. The Morgan fingerprint density at radius 2 is 1.73 bits per heavy atom. The van der Waals surface area contributed by atoms with Crippen LogP contribution in [0.3, 0.4) is 0 Å². The highest BCUT2D eigenvalue weighted by molar-refractivity contribution is 5.76. The van der Waals surface area contributed by atoms with Crippen molar-refractivity contribution in [1.82, 2.24) is 25.5 Å². The van der Waals surface area contributed by atoms with Crippen LogP contribution in [0.25, 0.3) is 11.0 Å². The molecule has 0 unspecified atom stereocenters. The van der Waals surface area contributed by atoms with Gasteiger partial charge in [-0.05, 0) is 61.1 Å². The molecule has 7 heteroatoms. The second-order valence-corrected chi connectivity index (χ2v) is 9.71. The summed E-state index contributed by atoms with van der Waals surface area (Å²) in [6.45, 7) is 3.05. The van der Waals surface area contributed by atoms with Crippen molar-refractivity contribution in [3.63, 3.8) is 0 Å². The number of nitrogens with zero attached hydrogens (tertiary/aromatic N) is 2. The lowest BCUT2D eigenvalue weighted by Crippen LogP contribution is -2.49. The van der Waals surface area contributed by atoms with Crippen molar-refractivity contribution in [2.45, 2.75) is 37.8 Å². The minimum Gasteiger partial charge on any atom is -0.497 e. The Kier molecular flexibility index (Phi) is 8.01. The first-order valence-corrected chi connectivity index (χ1v) is 13.1. The van der Waals surface area contributed by atoms with Crippen LogP contribution in [0.4, 0.5) is 4.79 Å². The quantitative estimate of drug-likeness (QED) is 0.308. The second-order valence-electron chi connectivity index (χ2n) is 9.71. The molecule has 0 saturated carbocycles. The van der Waals surface area contributed by atoms with E-state index in [-0.39, 0.29) is 18.1 Å². The molecule has 4 aromatic rings. The van der Waals surface area contributed by atoms with Gasteiger partial charge in [0.1, 0.15) is 11.6 Å². The predicted octanol–water partition coefficient (Wildman–Crippen LogP) is 4.86. The molecule has 2 heterocycles. The number of H-pyrrole nitrogens is 1. The summed E-state index contributed by atoms with van der Waals surface area (Å²) >= 11 is 0. The molecule has 1 aliphatic rings. The number of carbonyl (C=O) groups is 1. The highest BCUT2D eigenvalue weighted by Gasteiger charge is 2.23. The number of piperidine rings is 1. The lowest BCUT2D eigenvalue weighted by Gasteiger charge is -2.32. The van der Waals surface area contributed by atoms with E-state index in [1.54, 1.807) is 7.11 Å². The Morgan fingerprint density at radius 1 is 1.00 bits per heavy atom. The van der Waals surface area contributed by atoms with E-state index in [9.17, 15) is 4.79 Å². The first kappa shape index (κ1) is 24.8. The number of methoxy groups -OCH3 is 1. The zero-order valence-electron chi connectivity index (χ0n) is 21.3. The summed E-state index contributed by atoms with van der Waals surface area (Å²) in [6, 6.07) is 26.2. The number of ether oxygens (including phenoxy) is 1. The van der Waals surface area contributed by atoms with Gasteiger partial charge in [-0.1, -0.05) is 54.6 Å². The molecular weight excluding hydrogens is 462 g/mol. The molecule has 1 atom stereocenters. The molecule has 5 rings (SSSR count). The number of amides is 2. The molecular formula is C30H35N5O2. The number of hydrogen-bond acceptors (Lipinski definition) is 4. The Labute approximate surface area is 218 Å². The molecule has 3 N–H and O–H groups in total. The SMILES string of the molecule is COc1ccc(C[C@@H](NC(=O)NC2CCN(CCc3ccccc3)CC2)c2nc3ccccc3[nH]2)cc1. The van der Waals surface area contributed by atoms with Gasteiger partial charge in [0.2, 0.25) is 0 Å². The molecule has 1 saturated heterocycles. The van der Waals surface area contributed by atoms with Crippen LogP contribution >= 0.6 is 0 Å². The maximum atomic E-state index is 13.1. The van der Waals surface area contributed by atoms with Crippen LogP contribution < -0.4 is 15.4 Å². The molecule has 192 valence electrons. The Bertz CT molecular complexity index is 1250. The maximum Gasteiger partial charge on any atom is 0.315 e. The van der Waals surface area contributed by atoms with Crippen molar-refractivity contribution in [3.8, 4) is 5.75 Å². The molecule has 0 radical (unpaired) electrons. The standard InChI is InChI=1S/C30H35N5O2/c1-37-25-13-11-23(12-14-25)21-28(29-32-26-9-5-6-10-27(26)33-29)34-30(36)31-24-16-19-35(20-17-24)18-15-22-7-3-2-4-8-22/h2-14,24,28H,15-21H2,1H3,(H,32,33)(H2,31,34,36)/t28-/m1/s1. The number of imidazole rings is 1. The zero-order chi connectivity index (χ0) is 25.5. The Morgan fingerprint density at radius 3 is 2.46 bits per heavy atom. The molecule has 1 fully saturated rings. The van der Waals surface area contributed by atoms with Gasteiger partial charge >= 0.3 is 6.03 Å². The second kappa shape index (κ2) is 11.9. The average molecular weight is 498 g/mol. The fourth-order valence-electron chi connectivity index (χ4n) is 4.97. The van der Waals surface area contributed by atoms with Crippen LogP contribution in [0.5, 0.6) is 5.75 Å². The van der Waals surface area contributed by atoms with Crippen molar-refractivity contribution in [2.24, 2.45) is 0 Å². The largest absolute Gasteiger partial charge is 0.497 e. The number of benzene rings is 3. The third kappa shape index (κ3) is 6.68. The van der Waals surface area contributed by atoms with Gasteiger partial charge in [-0.2, -0.15) is 0 Å². The smallest absolute Gasteiger partial charge is 0.315 e. The van der Waals surface area contributed by atoms with Gasteiger partial charge in [-0.3, -0.25) is 0 Å². The summed E-state index contributed by atoms with van der Waals surface area (Å²) in [6.07, 6.45) is 3.59. The molecule has 7 nitrogen and oxygen atoms in total. The van der Waals surface area contributed by atoms with Gasteiger partial charge in [0.15, 0.2) is 0 Å². The van der Waals surface area contributed by atoms with E-state index >= 15 is 0 Å². The Balaban J connectivity index is 1.18. The summed E-state index contributed by atoms with van der Waals surface area (Å²) in [5.74, 6) is 1.56. The number of nitrogens with one attached hydrogen (secondary N) is 3. The summed E-state index contributed by atoms with van der Waals surface area (Å²) < 4.78 is 5.29. The van der Waals surface area contributed by atoms with Crippen LogP contribution in [-0.2, 0) is 12.8 Å². The molecule has 0 bridgehead atoms. The van der Waals surface area contributed by atoms with Crippen molar-refractivity contribution < 1.29 is 9.53 Å². The van der Waals surface area contributed by atoms with E-state index in [1.165, 1.54) is 5.56 Å². The van der Waals surface area contributed by atoms with Crippen LogP contribution in [0.2, 0.25) is 0 Å².